The third-order valence-electron chi connectivity index (χ3n) is 4.45. The van der Waals surface area contributed by atoms with E-state index in [1.807, 2.05) is 6.92 Å². The highest BCUT2D eigenvalue weighted by molar-refractivity contribution is 6.07. The topological polar surface area (TPSA) is 86.3 Å². The molecule has 8 heteroatoms. The van der Waals surface area contributed by atoms with Gasteiger partial charge in [-0.15, -0.1) is 0 Å². The van der Waals surface area contributed by atoms with E-state index in [4.69, 9.17) is 4.74 Å². The Bertz CT molecular complexity index is 681. The molecule has 1 fully saturated rings. The number of amides is 2. The van der Waals surface area contributed by atoms with Crippen molar-refractivity contribution in [3.8, 4) is 5.75 Å². The van der Waals surface area contributed by atoms with Crippen LogP contribution in [-0.4, -0.2) is 73.4 Å². The summed E-state index contributed by atoms with van der Waals surface area (Å²) < 4.78 is 5.37. The molecular weight excluding hydrogens is 334 g/mol. The molecule has 0 bridgehead atoms. The zero-order valence-electron chi connectivity index (χ0n) is 15.2. The molecule has 0 radical (unpaired) electrons. The number of nitrogens with one attached hydrogen (secondary N) is 2. The van der Waals surface area contributed by atoms with Crippen LogP contribution in [0.4, 0.5) is 5.69 Å². The first-order valence-electron chi connectivity index (χ1n) is 8.90. The predicted molar refractivity (Wildman–Crippen MR) is 99.3 cm³/mol. The number of guanidine groups is 1. The van der Waals surface area contributed by atoms with E-state index in [-0.39, 0.29) is 18.2 Å². The molecule has 2 amide bonds. The number of likely N-dealkylation sites (N-methyl/N-ethyl adjacent to an activating group) is 1. The van der Waals surface area contributed by atoms with Gasteiger partial charge in [0.25, 0.3) is 5.91 Å². The lowest BCUT2D eigenvalue weighted by molar-refractivity contribution is -0.124. The third-order valence-corrected chi connectivity index (χ3v) is 4.45. The molecule has 140 valence electrons. The van der Waals surface area contributed by atoms with Gasteiger partial charge in [0.05, 0.1) is 13.0 Å². The van der Waals surface area contributed by atoms with E-state index < -0.39 is 6.04 Å². The van der Waals surface area contributed by atoms with Crippen LogP contribution < -0.4 is 15.4 Å². The van der Waals surface area contributed by atoms with Crippen molar-refractivity contribution in [3.63, 3.8) is 0 Å². The third kappa shape index (κ3) is 4.51. The average Bonchev–Trinajstić information content (AvgIpc) is 2.98. The second kappa shape index (κ2) is 8.18. The summed E-state index contributed by atoms with van der Waals surface area (Å²) >= 11 is 0. The van der Waals surface area contributed by atoms with Crippen molar-refractivity contribution in [2.45, 2.75) is 19.4 Å². The molecule has 26 heavy (non-hydrogen) atoms. The van der Waals surface area contributed by atoms with Crippen LogP contribution >= 0.6 is 0 Å². The first-order valence-corrected chi connectivity index (χ1v) is 8.90. The number of ether oxygens (including phenoxy) is 1. The van der Waals surface area contributed by atoms with Crippen molar-refractivity contribution >= 4 is 23.5 Å². The molecule has 2 N–H and O–H groups in total. The number of carbonyl (C=O) groups is 2. The van der Waals surface area contributed by atoms with Gasteiger partial charge in [-0.3, -0.25) is 14.9 Å². The summed E-state index contributed by atoms with van der Waals surface area (Å²) in [5.74, 6) is 0.877. The van der Waals surface area contributed by atoms with Crippen molar-refractivity contribution in [1.29, 1.82) is 0 Å². The van der Waals surface area contributed by atoms with Crippen molar-refractivity contribution < 1.29 is 14.3 Å². The van der Waals surface area contributed by atoms with Gasteiger partial charge in [0.2, 0.25) is 11.9 Å². The Kier molecular flexibility index (Phi) is 5.72. The van der Waals surface area contributed by atoms with E-state index in [2.05, 4.69) is 32.5 Å². The average molecular weight is 359 g/mol. The molecule has 2 heterocycles. The molecular formula is C18H25N5O3. The first kappa shape index (κ1) is 18.2. The zero-order valence-corrected chi connectivity index (χ0v) is 15.2. The zero-order chi connectivity index (χ0) is 18.5. The summed E-state index contributed by atoms with van der Waals surface area (Å²) in [4.78, 5) is 33.1. The first-order chi connectivity index (χ1) is 12.5. The van der Waals surface area contributed by atoms with E-state index in [1.54, 1.807) is 24.3 Å². The lowest BCUT2D eigenvalue weighted by atomic mass is 10.2. The lowest BCUT2D eigenvalue weighted by Gasteiger charge is -2.33. The van der Waals surface area contributed by atoms with E-state index in [9.17, 15) is 9.59 Å². The van der Waals surface area contributed by atoms with Gasteiger partial charge in [-0.2, -0.15) is 0 Å². The van der Waals surface area contributed by atoms with Gasteiger partial charge in [-0.25, -0.2) is 4.99 Å². The van der Waals surface area contributed by atoms with Gasteiger partial charge in [0, 0.05) is 31.9 Å². The Labute approximate surface area is 153 Å². The molecule has 8 nitrogen and oxygen atoms in total. The van der Waals surface area contributed by atoms with Crippen LogP contribution in [0.1, 0.15) is 13.3 Å². The molecule has 2 aliphatic heterocycles. The highest BCUT2D eigenvalue weighted by Crippen LogP contribution is 2.17. The van der Waals surface area contributed by atoms with Crippen LogP contribution in [0.25, 0.3) is 0 Å². The highest BCUT2D eigenvalue weighted by Gasteiger charge is 2.31. The van der Waals surface area contributed by atoms with Gasteiger partial charge in [-0.1, -0.05) is 0 Å². The summed E-state index contributed by atoms with van der Waals surface area (Å²) in [7, 11) is 2.07. The summed E-state index contributed by atoms with van der Waals surface area (Å²) in [6.45, 7) is 6.01. The normalized spacial score (nSPS) is 20.5. The van der Waals surface area contributed by atoms with Crippen LogP contribution in [0.2, 0.25) is 0 Å². The Balaban J connectivity index is 1.54. The molecule has 1 saturated heterocycles. The minimum Gasteiger partial charge on any atom is -0.494 e. The van der Waals surface area contributed by atoms with Crippen LogP contribution in [-0.2, 0) is 9.59 Å². The number of aliphatic imine (C=N–C) groups is 1. The molecule has 3 rings (SSSR count). The number of carbonyl (C=O) groups excluding carboxylic acids is 2. The second-order valence-electron chi connectivity index (χ2n) is 6.46. The number of benzene rings is 1. The summed E-state index contributed by atoms with van der Waals surface area (Å²) in [5.41, 5.74) is 0.667. The van der Waals surface area contributed by atoms with Gasteiger partial charge in [-0.05, 0) is 38.2 Å². The van der Waals surface area contributed by atoms with Crippen molar-refractivity contribution in [2.24, 2.45) is 4.99 Å². The molecule has 0 saturated carbocycles. The van der Waals surface area contributed by atoms with E-state index in [1.165, 1.54) is 0 Å². The quantitative estimate of drug-likeness (QED) is 0.800. The van der Waals surface area contributed by atoms with Crippen LogP contribution in [0.15, 0.2) is 29.3 Å². The van der Waals surface area contributed by atoms with Gasteiger partial charge < -0.3 is 19.9 Å². The molecule has 0 aromatic heterocycles. The largest absolute Gasteiger partial charge is 0.494 e. The Morgan fingerprint density at radius 2 is 1.96 bits per heavy atom. The fraction of sp³-hybridized carbons (Fsp3) is 0.500. The smallest absolute Gasteiger partial charge is 0.252 e. The second-order valence-corrected chi connectivity index (χ2v) is 6.46. The molecule has 1 aromatic rings. The standard InChI is InChI=1S/C18H25N5O3/c1-3-26-14-6-4-13(5-7-14)19-16(24)12-15-17(25)21-18(20-15)23-10-8-22(2)9-11-23/h4-7,15H,3,8-12H2,1-2H3,(H,19,24)(H,20,21,25). The molecule has 0 spiro atoms. The van der Waals surface area contributed by atoms with Crippen LogP contribution in [0, 0.1) is 0 Å². The van der Waals surface area contributed by atoms with Crippen molar-refractivity contribution in [1.82, 2.24) is 15.1 Å². The lowest BCUT2D eigenvalue weighted by Crippen LogP contribution is -2.50. The Morgan fingerprint density at radius 1 is 1.27 bits per heavy atom. The molecule has 1 unspecified atom stereocenters. The number of rotatable bonds is 5. The highest BCUT2D eigenvalue weighted by atomic mass is 16.5. The maximum Gasteiger partial charge on any atom is 0.252 e. The van der Waals surface area contributed by atoms with Gasteiger partial charge >= 0.3 is 0 Å². The number of hydrogen-bond acceptors (Lipinski definition) is 6. The molecule has 2 aliphatic rings. The SMILES string of the molecule is CCOc1ccc(NC(=O)CC2N=C(N3CCN(C)CC3)NC2=O)cc1. The van der Waals surface area contributed by atoms with Crippen molar-refractivity contribution in [2.75, 3.05) is 45.2 Å². The monoisotopic (exact) mass is 359 g/mol. The predicted octanol–water partition coefficient (Wildman–Crippen LogP) is 0.516. The number of nitrogens with zero attached hydrogens (tertiary/aromatic N) is 3. The number of hydrogen-bond donors (Lipinski definition) is 2. The molecule has 1 aromatic carbocycles. The van der Waals surface area contributed by atoms with Crippen molar-refractivity contribution in [3.05, 3.63) is 24.3 Å². The number of anilines is 1. The van der Waals surface area contributed by atoms with E-state index >= 15 is 0 Å². The summed E-state index contributed by atoms with van der Waals surface area (Å²) in [5, 5.41) is 5.60. The number of piperazine rings is 1. The van der Waals surface area contributed by atoms with E-state index in [0.29, 0.717) is 18.3 Å². The molecule has 0 aliphatic carbocycles. The molecule has 1 atom stereocenters. The van der Waals surface area contributed by atoms with Gasteiger partial charge in [0.15, 0.2) is 0 Å². The van der Waals surface area contributed by atoms with Crippen LogP contribution in [0.3, 0.4) is 0 Å². The minimum absolute atomic E-state index is 0.0241. The minimum atomic E-state index is -0.674. The van der Waals surface area contributed by atoms with Crippen LogP contribution in [0.5, 0.6) is 5.75 Å². The fourth-order valence-corrected chi connectivity index (χ4v) is 2.94. The fourth-order valence-electron chi connectivity index (χ4n) is 2.94. The van der Waals surface area contributed by atoms with E-state index in [0.717, 1.165) is 31.9 Å². The van der Waals surface area contributed by atoms with Gasteiger partial charge in [0.1, 0.15) is 11.8 Å². The summed E-state index contributed by atoms with van der Waals surface area (Å²) in [6.07, 6.45) is 0.0241. The summed E-state index contributed by atoms with van der Waals surface area (Å²) in [6, 6.07) is 6.47. The Morgan fingerprint density at radius 3 is 2.62 bits per heavy atom. The maximum absolute atomic E-state index is 12.2. The maximum atomic E-state index is 12.2. The Hall–Kier alpha value is -2.61.